The lowest BCUT2D eigenvalue weighted by molar-refractivity contribution is -0.00133. The molecule has 0 amide bonds. The van der Waals surface area contributed by atoms with Crippen molar-refractivity contribution in [2.24, 2.45) is 11.7 Å². The Labute approximate surface area is 119 Å². The van der Waals surface area contributed by atoms with Crippen LogP contribution in [-0.4, -0.2) is 54.6 Å². The van der Waals surface area contributed by atoms with Crippen molar-refractivity contribution in [1.29, 1.82) is 0 Å². The third-order valence-corrected chi connectivity index (χ3v) is 5.47. The fraction of sp³-hybridized carbons (Fsp3) is 1.00. The largest absolute Gasteiger partial charge is 0.329 e. The lowest BCUT2D eigenvalue weighted by Gasteiger charge is -2.51. The Hall–Kier alpha value is -0.120. The number of nitrogens with two attached hydrogens (primary N) is 1. The van der Waals surface area contributed by atoms with Crippen molar-refractivity contribution in [3.63, 3.8) is 0 Å². The molecule has 0 saturated carbocycles. The summed E-state index contributed by atoms with van der Waals surface area (Å²) in [6, 6.07) is 0. The first kappa shape index (κ1) is 15.3. The van der Waals surface area contributed by atoms with E-state index in [2.05, 4.69) is 23.6 Å². The number of hydrogen-bond donors (Lipinski definition) is 1. The highest BCUT2D eigenvalue weighted by atomic mass is 15.2. The lowest BCUT2D eigenvalue weighted by atomic mass is 9.82. The van der Waals surface area contributed by atoms with Crippen molar-refractivity contribution in [1.82, 2.24) is 9.80 Å². The molecule has 0 spiro atoms. The Morgan fingerprint density at radius 2 is 1.89 bits per heavy atom. The second-order valence-electron chi connectivity index (χ2n) is 6.63. The van der Waals surface area contributed by atoms with Gasteiger partial charge >= 0.3 is 0 Å². The molecule has 2 aliphatic heterocycles. The second-order valence-corrected chi connectivity index (χ2v) is 6.63. The molecule has 2 heterocycles. The molecule has 0 aromatic heterocycles. The van der Waals surface area contributed by atoms with Crippen LogP contribution in [0.2, 0.25) is 0 Å². The van der Waals surface area contributed by atoms with Crippen molar-refractivity contribution in [2.45, 2.75) is 57.9 Å². The van der Waals surface area contributed by atoms with Gasteiger partial charge in [-0.3, -0.25) is 4.90 Å². The van der Waals surface area contributed by atoms with Crippen LogP contribution in [0.1, 0.15) is 52.4 Å². The van der Waals surface area contributed by atoms with Gasteiger partial charge < -0.3 is 10.6 Å². The third kappa shape index (κ3) is 3.50. The fourth-order valence-corrected chi connectivity index (χ4v) is 3.99. The van der Waals surface area contributed by atoms with E-state index in [0.29, 0.717) is 5.54 Å². The molecule has 3 nitrogen and oxygen atoms in total. The van der Waals surface area contributed by atoms with E-state index < -0.39 is 0 Å². The van der Waals surface area contributed by atoms with Gasteiger partial charge in [0.15, 0.2) is 0 Å². The molecule has 0 radical (unpaired) electrons. The normalized spacial score (nSPS) is 29.5. The Kier molecular flexibility index (Phi) is 5.67. The second kappa shape index (κ2) is 7.05. The van der Waals surface area contributed by atoms with Crippen molar-refractivity contribution in [2.75, 3.05) is 39.3 Å². The summed E-state index contributed by atoms with van der Waals surface area (Å²) in [5.41, 5.74) is 6.53. The smallest absolute Gasteiger partial charge is 0.0356 e. The van der Waals surface area contributed by atoms with Crippen LogP contribution in [-0.2, 0) is 0 Å². The molecule has 1 unspecified atom stereocenters. The van der Waals surface area contributed by atoms with Gasteiger partial charge in [-0.1, -0.05) is 20.3 Å². The zero-order valence-electron chi connectivity index (χ0n) is 13.0. The number of rotatable bonds is 5. The molecule has 0 aliphatic carbocycles. The average Bonchev–Trinajstić information content (AvgIpc) is 2.49. The predicted octanol–water partition coefficient (Wildman–Crippen LogP) is 2.31. The summed E-state index contributed by atoms with van der Waals surface area (Å²) in [6.07, 6.45) is 7.96. The SMILES string of the molecule is CCCN1CCC(CN)(N2CCCC(CC)C2)CC1. The van der Waals surface area contributed by atoms with E-state index in [1.807, 2.05) is 0 Å². The van der Waals surface area contributed by atoms with E-state index in [9.17, 15) is 0 Å². The molecule has 0 aromatic carbocycles. The number of likely N-dealkylation sites (tertiary alicyclic amines) is 2. The first-order chi connectivity index (χ1) is 9.24. The van der Waals surface area contributed by atoms with E-state index in [4.69, 9.17) is 5.73 Å². The Morgan fingerprint density at radius 1 is 1.16 bits per heavy atom. The van der Waals surface area contributed by atoms with Gasteiger partial charge in [-0.15, -0.1) is 0 Å². The van der Waals surface area contributed by atoms with Crippen molar-refractivity contribution in [3.05, 3.63) is 0 Å². The van der Waals surface area contributed by atoms with Gasteiger partial charge in [0.2, 0.25) is 0 Å². The minimum absolute atomic E-state index is 0.318. The Morgan fingerprint density at radius 3 is 2.47 bits per heavy atom. The van der Waals surface area contributed by atoms with Gasteiger partial charge in [0.05, 0.1) is 0 Å². The molecule has 2 fully saturated rings. The van der Waals surface area contributed by atoms with E-state index in [1.54, 1.807) is 0 Å². The molecular weight excluding hydrogens is 234 g/mol. The molecule has 112 valence electrons. The summed E-state index contributed by atoms with van der Waals surface area (Å²) in [4.78, 5) is 5.38. The lowest BCUT2D eigenvalue weighted by Crippen LogP contribution is -2.61. The highest BCUT2D eigenvalue weighted by Crippen LogP contribution is 2.33. The molecule has 2 saturated heterocycles. The fourth-order valence-electron chi connectivity index (χ4n) is 3.99. The highest BCUT2D eigenvalue weighted by molar-refractivity contribution is 4.98. The third-order valence-electron chi connectivity index (χ3n) is 5.47. The van der Waals surface area contributed by atoms with E-state index >= 15 is 0 Å². The first-order valence-electron chi connectivity index (χ1n) is 8.41. The highest BCUT2D eigenvalue weighted by Gasteiger charge is 2.40. The van der Waals surface area contributed by atoms with E-state index in [0.717, 1.165) is 12.5 Å². The average molecular weight is 267 g/mol. The van der Waals surface area contributed by atoms with Crippen LogP contribution in [0.4, 0.5) is 0 Å². The maximum Gasteiger partial charge on any atom is 0.0356 e. The van der Waals surface area contributed by atoms with Gasteiger partial charge in [-0.2, -0.15) is 0 Å². The summed E-state index contributed by atoms with van der Waals surface area (Å²) < 4.78 is 0. The topological polar surface area (TPSA) is 32.5 Å². The molecule has 2 N–H and O–H groups in total. The summed E-state index contributed by atoms with van der Waals surface area (Å²) >= 11 is 0. The first-order valence-corrected chi connectivity index (χ1v) is 8.41. The monoisotopic (exact) mass is 267 g/mol. The quantitative estimate of drug-likeness (QED) is 0.830. The van der Waals surface area contributed by atoms with Gasteiger partial charge in [0.25, 0.3) is 0 Å². The summed E-state index contributed by atoms with van der Waals surface area (Å²) in [6.45, 7) is 11.8. The van der Waals surface area contributed by atoms with Crippen molar-refractivity contribution < 1.29 is 0 Å². The van der Waals surface area contributed by atoms with Crippen LogP contribution >= 0.6 is 0 Å². The molecule has 3 heteroatoms. The molecule has 2 rings (SSSR count). The zero-order chi connectivity index (χ0) is 13.7. The molecule has 0 aromatic rings. The van der Waals surface area contributed by atoms with Gasteiger partial charge in [0.1, 0.15) is 0 Å². The molecule has 1 atom stereocenters. The zero-order valence-corrected chi connectivity index (χ0v) is 13.0. The minimum atomic E-state index is 0.318. The standard InChI is InChI=1S/C16H33N3/c1-3-9-18-11-7-16(14-17,8-12-18)19-10-5-6-15(4-2)13-19/h15H,3-14,17H2,1-2H3. The van der Waals surface area contributed by atoms with Gasteiger partial charge in [0, 0.05) is 18.6 Å². The number of hydrogen-bond acceptors (Lipinski definition) is 3. The van der Waals surface area contributed by atoms with Crippen LogP contribution in [0.15, 0.2) is 0 Å². The van der Waals surface area contributed by atoms with Crippen LogP contribution in [0.3, 0.4) is 0 Å². The van der Waals surface area contributed by atoms with Crippen LogP contribution in [0.25, 0.3) is 0 Å². The van der Waals surface area contributed by atoms with Crippen molar-refractivity contribution >= 4 is 0 Å². The maximum absolute atomic E-state index is 6.22. The number of nitrogens with zero attached hydrogens (tertiary/aromatic N) is 2. The minimum Gasteiger partial charge on any atom is -0.329 e. The van der Waals surface area contributed by atoms with Crippen LogP contribution in [0.5, 0.6) is 0 Å². The summed E-state index contributed by atoms with van der Waals surface area (Å²) in [5.74, 6) is 0.908. The maximum atomic E-state index is 6.22. The molecule has 2 aliphatic rings. The van der Waals surface area contributed by atoms with Gasteiger partial charge in [-0.25, -0.2) is 0 Å². The Balaban J connectivity index is 1.95. The Bertz CT molecular complexity index is 259. The molecule has 0 bridgehead atoms. The summed E-state index contributed by atoms with van der Waals surface area (Å²) in [7, 11) is 0. The van der Waals surface area contributed by atoms with Crippen molar-refractivity contribution in [3.8, 4) is 0 Å². The predicted molar refractivity (Wildman–Crippen MR) is 82.3 cm³/mol. The number of piperidine rings is 2. The van der Waals surface area contributed by atoms with Crippen LogP contribution in [0, 0.1) is 5.92 Å². The van der Waals surface area contributed by atoms with E-state index in [-0.39, 0.29) is 0 Å². The molecular formula is C16H33N3. The van der Waals surface area contributed by atoms with Crippen LogP contribution < -0.4 is 5.73 Å². The summed E-state index contributed by atoms with van der Waals surface area (Å²) in [5, 5.41) is 0. The van der Waals surface area contributed by atoms with E-state index in [1.165, 1.54) is 71.2 Å². The van der Waals surface area contributed by atoms with Gasteiger partial charge in [-0.05, 0) is 64.2 Å². The molecule has 19 heavy (non-hydrogen) atoms.